The molecule has 0 radical (unpaired) electrons. The van der Waals surface area contributed by atoms with E-state index in [1.165, 1.54) is 11.3 Å². The second-order valence-corrected chi connectivity index (χ2v) is 6.79. The quantitative estimate of drug-likeness (QED) is 0.608. The third-order valence-corrected chi connectivity index (χ3v) is 4.53. The zero-order chi connectivity index (χ0) is 16.5. The van der Waals surface area contributed by atoms with Gasteiger partial charge in [0.25, 0.3) is 0 Å². The first kappa shape index (κ1) is 17.7. The third-order valence-electron chi connectivity index (χ3n) is 3.65. The number of nitrogens with zero attached hydrogens (tertiary/aromatic N) is 2. The van der Waals surface area contributed by atoms with Gasteiger partial charge in [0.15, 0.2) is 5.96 Å². The monoisotopic (exact) mass is 338 g/mol. The van der Waals surface area contributed by atoms with Gasteiger partial charge in [-0.15, -0.1) is 11.3 Å². The maximum Gasteiger partial charge on any atom is 0.243 e. The molecule has 1 unspecified atom stereocenters. The van der Waals surface area contributed by atoms with E-state index in [0.29, 0.717) is 19.0 Å². The molecule has 1 aromatic heterocycles. The van der Waals surface area contributed by atoms with E-state index in [1.807, 2.05) is 11.4 Å². The lowest BCUT2D eigenvalue weighted by atomic mass is 10.1. The molecule has 0 saturated carbocycles. The first-order valence-corrected chi connectivity index (χ1v) is 8.89. The van der Waals surface area contributed by atoms with Crippen molar-refractivity contribution in [3.8, 4) is 0 Å². The van der Waals surface area contributed by atoms with Crippen molar-refractivity contribution in [1.29, 1.82) is 0 Å². The van der Waals surface area contributed by atoms with Crippen molar-refractivity contribution in [2.24, 2.45) is 4.99 Å². The number of aliphatic imine (C=N–C) groups is 1. The Balaban J connectivity index is 1.86. The van der Waals surface area contributed by atoms with Crippen molar-refractivity contribution in [3.05, 3.63) is 22.4 Å². The summed E-state index contributed by atoms with van der Waals surface area (Å²) in [6.07, 6.45) is 3.65. The molecule has 1 atom stereocenters. The largest absolute Gasteiger partial charge is 0.376 e. The van der Waals surface area contributed by atoms with Crippen molar-refractivity contribution >= 4 is 23.2 Å². The number of hydrogen-bond acceptors (Lipinski definition) is 4. The van der Waals surface area contributed by atoms with Crippen LogP contribution in [0.2, 0.25) is 0 Å². The molecule has 2 heterocycles. The molecule has 1 aliphatic heterocycles. The average Bonchev–Trinajstić information content (AvgIpc) is 3.08. The van der Waals surface area contributed by atoms with Crippen molar-refractivity contribution in [2.75, 3.05) is 33.8 Å². The lowest BCUT2D eigenvalue weighted by Gasteiger charge is -2.23. The summed E-state index contributed by atoms with van der Waals surface area (Å²) in [5.74, 6) is 0.638. The Bertz CT molecular complexity index is 496. The average molecular weight is 338 g/mol. The fourth-order valence-corrected chi connectivity index (χ4v) is 2.87. The van der Waals surface area contributed by atoms with E-state index in [9.17, 15) is 4.79 Å². The molecule has 0 aliphatic carbocycles. The number of carbonyl (C=O) groups excluding carboxylic acids is 1. The number of thiophene rings is 1. The minimum atomic E-state index is -0.0175. The molecule has 2 N–H and O–H groups in total. The lowest BCUT2D eigenvalue weighted by Crippen LogP contribution is -2.42. The first-order chi connectivity index (χ1) is 11.1. The van der Waals surface area contributed by atoms with Gasteiger partial charge in [-0.3, -0.25) is 4.79 Å². The Hall–Kier alpha value is -1.60. The van der Waals surface area contributed by atoms with Gasteiger partial charge < -0.3 is 20.3 Å². The van der Waals surface area contributed by atoms with Crippen molar-refractivity contribution in [3.63, 3.8) is 0 Å². The normalized spacial score (nSPS) is 18.5. The van der Waals surface area contributed by atoms with Crippen LogP contribution in [0.3, 0.4) is 0 Å². The van der Waals surface area contributed by atoms with Crippen LogP contribution in [0.25, 0.3) is 0 Å². The Morgan fingerprint density at radius 3 is 2.96 bits per heavy atom. The zero-order valence-corrected chi connectivity index (χ0v) is 14.7. The summed E-state index contributed by atoms with van der Waals surface area (Å²) < 4.78 is 5.72. The molecule has 0 spiro atoms. The molecule has 0 aromatic carbocycles. The Morgan fingerprint density at radius 1 is 1.43 bits per heavy atom. The van der Waals surface area contributed by atoms with Crippen LogP contribution in [0.4, 0.5) is 0 Å². The molecule has 1 saturated heterocycles. The number of rotatable bonds is 6. The molecule has 1 amide bonds. The second kappa shape index (κ2) is 9.52. The molecule has 0 bridgehead atoms. The highest BCUT2D eigenvalue weighted by Crippen LogP contribution is 2.11. The minimum Gasteiger partial charge on any atom is -0.376 e. The second-order valence-electron chi connectivity index (χ2n) is 5.76. The fraction of sp³-hybridized carbons (Fsp3) is 0.625. The predicted molar refractivity (Wildman–Crippen MR) is 93.7 cm³/mol. The van der Waals surface area contributed by atoms with Crippen LogP contribution < -0.4 is 10.6 Å². The molecule has 6 nitrogen and oxygen atoms in total. The van der Waals surface area contributed by atoms with Gasteiger partial charge in [-0.1, -0.05) is 6.07 Å². The van der Waals surface area contributed by atoms with E-state index in [0.717, 1.165) is 19.4 Å². The van der Waals surface area contributed by atoms with E-state index in [1.54, 1.807) is 30.3 Å². The summed E-state index contributed by atoms with van der Waals surface area (Å²) in [4.78, 5) is 18.9. The molecule has 1 aromatic rings. The van der Waals surface area contributed by atoms with E-state index < -0.39 is 0 Å². The van der Waals surface area contributed by atoms with Gasteiger partial charge in [0.05, 0.1) is 12.6 Å². The lowest BCUT2D eigenvalue weighted by molar-refractivity contribution is -0.127. The van der Waals surface area contributed by atoms with Crippen LogP contribution in [0.15, 0.2) is 22.5 Å². The van der Waals surface area contributed by atoms with Crippen molar-refractivity contribution in [2.45, 2.75) is 31.9 Å². The zero-order valence-electron chi connectivity index (χ0n) is 13.9. The summed E-state index contributed by atoms with van der Waals surface area (Å²) in [5.41, 5.74) is 0. The van der Waals surface area contributed by atoms with Gasteiger partial charge in [-0.25, -0.2) is 4.99 Å². The van der Waals surface area contributed by atoms with Crippen molar-refractivity contribution < 1.29 is 9.53 Å². The Labute approximate surface area is 141 Å². The number of carbonyl (C=O) groups is 1. The number of guanidine groups is 1. The highest BCUT2D eigenvalue weighted by Gasteiger charge is 2.14. The number of hydrogen-bond donors (Lipinski definition) is 2. The van der Waals surface area contributed by atoms with Crippen LogP contribution >= 0.6 is 11.3 Å². The summed E-state index contributed by atoms with van der Waals surface area (Å²) in [6, 6.07) is 4.10. The van der Waals surface area contributed by atoms with Crippen LogP contribution in [-0.4, -0.2) is 56.7 Å². The van der Waals surface area contributed by atoms with Gasteiger partial charge in [-0.2, -0.15) is 0 Å². The first-order valence-electron chi connectivity index (χ1n) is 8.01. The molecular weight excluding hydrogens is 312 g/mol. The molecule has 23 heavy (non-hydrogen) atoms. The van der Waals surface area contributed by atoms with Gasteiger partial charge in [0.2, 0.25) is 5.91 Å². The summed E-state index contributed by atoms with van der Waals surface area (Å²) >= 11 is 1.70. The molecule has 2 rings (SSSR count). The van der Waals surface area contributed by atoms with Crippen LogP contribution in [-0.2, 0) is 16.1 Å². The van der Waals surface area contributed by atoms with Gasteiger partial charge in [0, 0.05) is 32.1 Å². The Morgan fingerprint density at radius 2 is 2.30 bits per heavy atom. The fourth-order valence-electron chi connectivity index (χ4n) is 2.23. The standard InChI is InChI=1S/C16H26N4O2S/c1-20(2)15(21)12-19-16(18-11-14-7-5-9-23-14)17-10-13-6-3-4-8-22-13/h5,7,9,13H,3-4,6,8,10-12H2,1-2H3,(H2,17,18,19). The number of likely N-dealkylation sites (N-methyl/N-ethyl adjacent to an activating group) is 1. The minimum absolute atomic E-state index is 0.0175. The molecule has 1 fully saturated rings. The van der Waals surface area contributed by atoms with Crippen LogP contribution in [0, 0.1) is 0 Å². The van der Waals surface area contributed by atoms with E-state index in [4.69, 9.17) is 4.74 Å². The predicted octanol–water partition coefficient (Wildman–Crippen LogP) is 1.44. The molecular formula is C16H26N4O2S. The number of amides is 1. The van der Waals surface area contributed by atoms with Crippen molar-refractivity contribution in [1.82, 2.24) is 15.5 Å². The highest BCUT2D eigenvalue weighted by molar-refractivity contribution is 7.09. The molecule has 7 heteroatoms. The van der Waals surface area contributed by atoms with Gasteiger partial charge in [-0.05, 0) is 30.7 Å². The summed E-state index contributed by atoms with van der Waals surface area (Å²) in [5, 5.41) is 8.62. The molecule has 128 valence electrons. The number of ether oxygens (including phenoxy) is 1. The van der Waals surface area contributed by atoms with E-state index in [2.05, 4.69) is 21.7 Å². The maximum absolute atomic E-state index is 11.7. The summed E-state index contributed by atoms with van der Waals surface area (Å²) in [7, 11) is 3.47. The highest BCUT2D eigenvalue weighted by atomic mass is 32.1. The van der Waals surface area contributed by atoms with E-state index in [-0.39, 0.29) is 18.6 Å². The van der Waals surface area contributed by atoms with Crippen LogP contribution in [0.1, 0.15) is 24.1 Å². The Kier molecular flexibility index (Phi) is 7.35. The topological polar surface area (TPSA) is 66.0 Å². The summed E-state index contributed by atoms with van der Waals surface area (Å²) in [6.45, 7) is 2.39. The maximum atomic E-state index is 11.7. The third kappa shape index (κ3) is 6.58. The smallest absolute Gasteiger partial charge is 0.243 e. The SMILES string of the molecule is CN(C)C(=O)CN=C(NCc1cccs1)NCC1CCCCO1. The molecule has 1 aliphatic rings. The van der Waals surface area contributed by atoms with Gasteiger partial charge >= 0.3 is 0 Å². The number of nitrogens with one attached hydrogen (secondary N) is 2. The van der Waals surface area contributed by atoms with Crippen LogP contribution in [0.5, 0.6) is 0 Å². The van der Waals surface area contributed by atoms with E-state index >= 15 is 0 Å². The van der Waals surface area contributed by atoms with Gasteiger partial charge in [0.1, 0.15) is 6.54 Å².